The van der Waals surface area contributed by atoms with Crippen LogP contribution in [0.25, 0.3) is 0 Å². The maximum absolute atomic E-state index is 12.5. The largest absolute Gasteiger partial charge is 0.492 e. The van der Waals surface area contributed by atoms with E-state index in [1.807, 2.05) is 24.3 Å². The van der Waals surface area contributed by atoms with Crippen LogP contribution in [0.1, 0.15) is 27.0 Å². The SMILES string of the molecule is CN(C)S(=O)(=O)c1ccc(OCCNC(=O)c2ccc(CN3CCc4ccccc4C3)cc2)cc1. The summed E-state index contributed by atoms with van der Waals surface area (Å²) in [6, 6.07) is 22.6. The van der Waals surface area contributed by atoms with Crippen molar-refractivity contribution in [2.75, 3.05) is 33.8 Å². The number of hydrogen-bond acceptors (Lipinski definition) is 5. The van der Waals surface area contributed by atoms with Crippen LogP contribution in [-0.2, 0) is 29.5 Å². The first-order chi connectivity index (χ1) is 16.8. The predicted octanol–water partition coefficient (Wildman–Crippen LogP) is 3.30. The lowest BCUT2D eigenvalue weighted by molar-refractivity contribution is 0.0947. The van der Waals surface area contributed by atoms with Crippen molar-refractivity contribution < 1.29 is 17.9 Å². The highest BCUT2D eigenvalue weighted by Gasteiger charge is 2.17. The van der Waals surface area contributed by atoms with Crippen LogP contribution in [0.2, 0.25) is 0 Å². The molecule has 35 heavy (non-hydrogen) atoms. The number of fused-ring (bicyclic) bond motifs is 1. The molecule has 0 saturated heterocycles. The minimum absolute atomic E-state index is 0.153. The molecule has 1 heterocycles. The molecular weight excluding hydrogens is 462 g/mol. The highest BCUT2D eigenvalue weighted by molar-refractivity contribution is 7.89. The van der Waals surface area contributed by atoms with Crippen LogP contribution in [0, 0.1) is 0 Å². The monoisotopic (exact) mass is 493 g/mol. The third kappa shape index (κ3) is 6.28. The van der Waals surface area contributed by atoms with E-state index in [2.05, 4.69) is 34.5 Å². The van der Waals surface area contributed by atoms with Crippen LogP contribution >= 0.6 is 0 Å². The van der Waals surface area contributed by atoms with Crippen LogP contribution < -0.4 is 10.1 Å². The van der Waals surface area contributed by atoms with Gasteiger partial charge in [-0.15, -0.1) is 0 Å². The van der Waals surface area contributed by atoms with Crippen molar-refractivity contribution in [3.05, 3.63) is 95.1 Å². The number of benzene rings is 3. The second-order valence-corrected chi connectivity index (χ2v) is 10.9. The molecule has 0 aliphatic carbocycles. The van der Waals surface area contributed by atoms with Gasteiger partial charge in [0.25, 0.3) is 5.91 Å². The quantitative estimate of drug-likeness (QED) is 0.463. The van der Waals surface area contributed by atoms with Gasteiger partial charge in [0.05, 0.1) is 11.4 Å². The molecule has 4 rings (SSSR count). The molecule has 0 atom stereocenters. The predicted molar refractivity (Wildman–Crippen MR) is 136 cm³/mol. The maximum atomic E-state index is 12.5. The molecule has 0 radical (unpaired) electrons. The first-order valence-corrected chi connectivity index (χ1v) is 13.1. The lowest BCUT2D eigenvalue weighted by Gasteiger charge is -2.28. The molecule has 0 spiro atoms. The van der Waals surface area contributed by atoms with Crippen LogP contribution in [-0.4, -0.2) is 57.3 Å². The fourth-order valence-electron chi connectivity index (χ4n) is 4.06. The summed E-state index contributed by atoms with van der Waals surface area (Å²) in [5, 5.41) is 2.85. The van der Waals surface area contributed by atoms with Gasteiger partial charge >= 0.3 is 0 Å². The molecule has 0 saturated carbocycles. The number of sulfonamides is 1. The van der Waals surface area contributed by atoms with Crippen LogP contribution in [0.3, 0.4) is 0 Å². The van der Waals surface area contributed by atoms with Gasteiger partial charge in [0.1, 0.15) is 12.4 Å². The lowest BCUT2D eigenvalue weighted by atomic mass is 9.99. The highest BCUT2D eigenvalue weighted by Crippen LogP contribution is 2.21. The van der Waals surface area contributed by atoms with Crippen molar-refractivity contribution >= 4 is 15.9 Å². The van der Waals surface area contributed by atoms with Crippen molar-refractivity contribution in [2.24, 2.45) is 0 Å². The summed E-state index contributed by atoms with van der Waals surface area (Å²) in [6.45, 7) is 3.46. The van der Waals surface area contributed by atoms with E-state index in [-0.39, 0.29) is 17.4 Å². The summed E-state index contributed by atoms with van der Waals surface area (Å²) >= 11 is 0. The smallest absolute Gasteiger partial charge is 0.251 e. The molecule has 1 N–H and O–H groups in total. The number of ether oxygens (including phenoxy) is 1. The molecule has 3 aromatic rings. The maximum Gasteiger partial charge on any atom is 0.251 e. The summed E-state index contributed by atoms with van der Waals surface area (Å²) in [5.74, 6) is 0.390. The number of hydrogen-bond donors (Lipinski definition) is 1. The lowest BCUT2D eigenvalue weighted by Crippen LogP contribution is -2.30. The number of amides is 1. The minimum Gasteiger partial charge on any atom is -0.492 e. The van der Waals surface area contributed by atoms with Crippen LogP contribution in [0.15, 0.2) is 77.7 Å². The molecule has 1 aliphatic heterocycles. The first kappa shape index (κ1) is 24.9. The second kappa shape index (κ2) is 11.0. The molecule has 0 unspecified atom stereocenters. The van der Waals surface area contributed by atoms with E-state index in [9.17, 15) is 13.2 Å². The summed E-state index contributed by atoms with van der Waals surface area (Å²) in [6.07, 6.45) is 1.07. The van der Waals surface area contributed by atoms with Gasteiger partial charge in [-0.05, 0) is 59.5 Å². The molecule has 184 valence electrons. The Kier molecular flexibility index (Phi) is 7.85. The summed E-state index contributed by atoms with van der Waals surface area (Å²) in [5.41, 5.74) is 4.63. The molecule has 1 aliphatic rings. The van der Waals surface area contributed by atoms with E-state index in [0.717, 1.165) is 30.4 Å². The summed E-state index contributed by atoms with van der Waals surface area (Å²) < 4.78 is 31.0. The number of nitrogens with one attached hydrogen (secondary N) is 1. The normalized spacial score (nSPS) is 13.9. The zero-order valence-corrected chi connectivity index (χ0v) is 20.9. The average Bonchev–Trinajstić information content (AvgIpc) is 2.87. The Morgan fingerprint density at radius 3 is 2.34 bits per heavy atom. The van der Waals surface area contributed by atoms with Gasteiger partial charge in [0.2, 0.25) is 10.0 Å². The van der Waals surface area contributed by atoms with Gasteiger partial charge in [-0.2, -0.15) is 0 Å². The van der Waals surface area contributed by atoms with Crippen molar-refractivity contribution in [3.63, 3.8) is 0 Å². The van der Waals surface area contributed by atoms with Crippen molar-refractivity contribution in [2.45, 2.75) is 24.4 Å². The topological polar surface area (TPSA) is 79.0 Å². The molecular formula is C27H31N3O4S. The van der Waals surface area contributed by atoms with E-state index in [0.29, 0.717) is 17.9 Å². The third-order valence-electron chi connectivity index (χ3n) is 6.09. The van der Waals surface area contributed by atoms with Gasteiger partial charge in [-0.25, -0.2) is 12.7 Å². The highest BCUT2D eigenvalue weighted by atomic mass is 32.2. The second-order valence-electron chi connectivity index (χ2n) is 8.79. The van der Waals surface area contributed by atoms with Crippen LogP contribution in [0.4, 0.5) is 0 Å². The van der Waals surface area contributed by atoms with Crippen molar-refractivity contribution in [3.8, 4) is 5.75 Å². The molecule has 1 amide bonds. The Hall–Kier alpha value is -3.20. The van der Waals surface area contributed by atoms with Crippen molar-refractivity contribution in [1.82, 2.24) is 14.5 Å². The van der Waals surface area contributed by atoms with Gasteiger partial charge in [0, 0.05) is 39.3 Å². The van der Waals surface area contributed by atoms with Crippen molar-refractivity contribution in [1.29, 1.82) is 0 Å². The molecule has 0 aromatic heterocycles. The van der Waals surface area contributed by atoms with Gasteiger partial charge in [-0.1, -0.05) is 36.4 Å². The zero-order chi connectivity index (χ0) is 24.8. The third-order valence-corrected chi connectivity index (χ3v) is 7.92. The average molecular weight is 494 g/mol. The zero-order valence-electron chi connectivity index (χ0n) is 20.1. The number of carbonyl (C=O) groups excluding carboxylic acids is 1. The fraction of sp³-hybridized carbons (Fsp3) is 0.296. The summed E-state index contributed by atoms with van der Waals surface area (Å²) in [7, 11) is -0.486. The Morgan fingerprint density at radius 2 is 1.66 bits per heavy atom. The summed E-state index contributed by atoms with van der Waals surface area (Å²) in [4.78, 5) is 15.1. The Balaban J connectivity index is 1.21. The molecule has 0 fully saturated rings. The molecule has 0 bridgehead atoms. The fourth-order valence-corrected chi connectivity index (χ4v) is 4.96. The Bertz CT molecular complexity index is 1260. The van der Waals surface area contributed by atoms with E-state index in [1.165, 1.54) is 42.9 Å². The van der Waals surface area contributed by atoms with Crippen LogP contribution in [0.5, 0.6) is 5.75 Å². The molecule has 8 heteroatoms. The Labute approximate surface area is 207 Å². The van der Waals surface area contributed by atoms with Gasteiger partial charge in [-0.3, -0.25) is 9.69 Å². The van der Waals surface area contributed by atoms with Gasteiger partial charge in [0.15, 0.2) is 0 Å². The minimum atomic E-state index is -3.47. The Morgan fingerprint density at radius 1 is 0.971 bits per heavy atom. The molecule has 7 nitrogen and oxygen atoms in total. The van der Waals surface area contributed by atoms with E-state index < -0.39 is 10.0 Å². The first-order valence-electron chi connectivity index (χ1n) is 11.6. The standard InChI is InChI=1S/C27H31N3O4S/c1-29(2)35(32,33)26-13-11-25(12-14-26)34-18-16-28-27(31)23-9-7-21(8-10-23)19-30-17-15-22-5-3-4-6-24(22)20-30/h3-14H,15-20H2,1-2H3,(H,28,31). The number of nitrogens with zero attached hydrogens (tertiary/aromatic N) is 2. The number of carbonyl (C=O) groups is 1. The number of rotatable bonds is 9. The van der Waals surface area contributed by atoms with E-state index in [1.54, 1.807) is 12.1 Å². The molecule has 3 aromatic carbocycles. The van der Waals surface area contributed by atoms with E-state index >= 15 is 0 Å². The van der Waals surface area contributed by atoms with Gasteiger partial charge < -0.3 is 10.1 Å². The van der Waals surface area contributed by atoms with E-state index in [4.69, 9.17) is 4.74 Å².